The fraction of sp³-hybridized carbons (Fsp3) is 0.214. The third kappa shape index (κ3) is 2.09. The number of pyridine rings is 1. The van der Waals surface area contributed by atoms with Gasteiger partial charge in [-0.2, -0.15) is 0 Å². The highest BCUT2D eigenvalue weighted by molar-refractivity contribution is 6.08. The Bertz CT molecular complexity index is 647. The van der Waals surface area contributed by atoms with Crippen LogP contribution in [-0.4, -0.2) is 23.8 Å². The maximum atomic E-state index is 11.7. The van der Waals surface area contributed by atoms with E-state index < -0.39 is 5.97 Å². The molecule has 1 heterocycles. The van der Waals surface area contributed by atoms with E-state index in [0.717, 1.165) is 10.9 Å². The summed E-state index contributed by atoms with van der Waals surface area (Å²) in [5.74, 6) is -0.641. The standard InChI is InChI=1S/C14H13NO3/c1-8-4-5-12-11(6-8)10(9(2)16)7-13(15-12)14(17)18-3/h4-7H,1-3H3. The zero-order chi connectivity index (χ0) is 13.3. The van der Waals surface area contributed by atoms with Crippen molar-refractivity contribution >= 4 is 22.7 Å². The molecule has 2 aromatic rings. The second kappa shape index (κ2) is 4.56. The molecule has 0 saturated carbocycles. The van der Waals surface area contributed by atoms with Crippen LogP contribution >= 0.6 is 0 Å². The molecule has 0 spiro atoms. The van der Waals surface area contributed by atoms with Gasteiger partial charge in [0.15, 0.2) is 5.78 Å². The van der Waals surface area contributed by atoms with E-state index in [-0.39, 0.29) is 11.5 Å². The smallest absolute Gasteiger partial charge is 0.356 e. The summed E-state index contributed by atoms with van der Waals surface area (Å²) in [5, 5.41) is 0.759. The highest BCUT2D eigenvalue weighted by Crippen LogP contribution is 2.21. The van der Waals surface area contributed by atoms with Crippen molar-refractivity contribution in [2.24, 2.45) is 0 Å². The van der Waals surface area contributed by atoms with Gasteiger partial charge in [0.05, 0.1) is 12.6 Å². The van der Waals surface area contributed by atoms with E-state index >= 15 is 0 Å². The second-order valence-corrected chi connectivity index (χ2v) is 4.12. The van der Waals surface area contributed by atoms with Gasteiger partial charge in [0, 0.05) is 10.9 Å². The number of benzene rings is 1. The molecule has 18 heavy (non-hydrogen) atoms. The van der Waals surface area contributed by atoms with Crippen LogP contribution in [0.25, 0.3) is 10.9 Å². The number of carbonyl (C=O) groups is 2. The normalized spacial score (nSPS) is 10.4. The Labute approximate surface area is 105 Å². The minimum Gasteiger partial charge on any atom is -0.464 e. The zero-order valence-corrected chi connectivity index (χ0v) is 10.5. The van der Waals surface area contributed by atoms with Gasteiger partial charge in [0.25, 0.3) is 0 Å². The average molecular weight is 243 g/mol. The number of aromatic nitrogens is 1. The van der Waals surface area contributed by atoms with E-state index in [9.17, 15) is 9.59 Å². The van der Waals surface area contributed by atoms with Crippen LogP contribution in [0, 0.1) is 6.92 Å². The molecule has 1 aromatic carbocycles. The molecule has 0 aliphatic carbocycles. The molecular weight excluding hydrogens is 230 g/mol. The number of hydrogen-bond acceptors (Lipinski definition) is 4. The number of methoxy groups -OCH3 is 1. The van der Waals surface area contributed by atoms with Gasteiger partial charge in [-0.25, -0.2) is 9.78 Å². The fourth-order valence-corrected chi connectivity index (χ4v) is 1.84. The van der Waals surface area contributed by atoms with Crippen molar-refractivity contribution in [3.63, 3.8) is 0 Å². The van der Waals surface area contributed by atoms with Crippen LogP contribution in [0.5, 0.6) is 0 Å². The molecule has 0 N–H and O–H groups in total. The van der Waals surface area contributed by atoms with Crippen LogP contribution < -0.4 is 0 Å². The summed E-state index contributed by atoms with van der Waals surface area (Å²) in [6.45, 7) is 3.41. The molecule has 0 saturated heterocycles. The SMILES string of the molecule is COC(=O)c1cc(C(C)=O)c2cc(C)ccc2n1. The maximum absolute atomic E-state index is 11.7. The first-order chi connectivity index (χ1) is 8.52. The van der Waals surface area contributed by atoms with Crippen molar-refractivity contribution in [1.29, 1.82) is 0 Å². The number of ether oxygens (including phenoxy) is 1. The van der Waals surface area contributed by atoms with Crippen molar-refractivity contribution in [1.82, 2.24) is 4.98 Å². The summed E-state index contributed by atoms with van der Waals surface area (Å²) in [7, 11) is 1.29. The number of Topliss-reactive ketones (excluding diaryl/α,β-unsaturated/α-hetero) is 1. The quantitative estimate of drug-likeness (QED) is 0.600. The Morgan fingerprint density at radius 1 is 1.22 bits per heavy atom. The largest absolute Gasteiger partial charge is 0.464 e. The summed E-state index contributed by atoms with van der Waals surface area (Å²) in [4.78, 5) is 27.4. The van der Waals surface area contributed by atoms with Crippen molar-refractivity contribution in [2.45, 2.75) is 13.8 Å². The van der Waals surface area contributed by atoms with Crippen LogP contribution in [0.15, 0.2) is 24.3 Å². The van der Waals surface area contributed by atoms with E-state index in [1.54, 1.807) is 6.07 Å². The van der Waals surface area contributed by atoms with Crippen LogP contribution in [0.1, 0.15) is 33.3 Å². The summed E-state index contributed by atoms with van der Waals surface area (Å²) in [5.41, 5.74) is 2.30. The van der Waals surface area contributed by atoms with Gasteiger partial charge in [0.2, 0.25) is 0 Å². The fourth-order valence-electron chi connectivity index (χ4n) is 1.84. The van der Waals surface area contributed by atoms with E-state index in [2.05, 4.69) is 9.72 Å². The van der Waals surface area contributed by atoms with Crippen LogP contribution in [0.2, 0.25) is 0 Å². The van der Waals surface area contributed by atoms with Gasteiger partial charge in [-0.15, -0.1) is 0 Å². The van der Waals surface area contributed by atoms with Gasteiger partial charge in [0.1, 0.15) is 5.69 Å². The summed E-state index contributed by atoms with van der Waals surface area (Å²) >= 11 is 0. The molecule has 0 bridgehead atoms. The van der Waals surface area contributed by atoms with Crippen molar-refractivity contribution in [3.8, 4) is 0 Å². The van der Waals surface area contributed by atoms with Gasteiger partial charge in [-0.05, 0) is 32.0 Å². The topological polar surface area (TPSA) is 56.3 Å². The predicted octanol–water partition coefficient (Wildman–Crippen LogP) is 2.53. The van der Waals surface area contributed by atoms with Crippen molar-refractivity contribution < 1.29 is 14.3 Å². The molecule has 92 valence electrons. The number of aryl methyl sites for hydroxylation is 1. The first-order valence-electron chi connectivity index (χ1n) is 5.53. The second-order valence-electron chi connectivity index (χ2n) is 4.12. The van der Waals surface area contributed by atoms with Crippen LogP contribution in [0.3, 0.4) is 0 Å². The van der Waals surface area contributed by atoms with E-state index in [0.29, 0.717) is 11.1 Å². The minimum absolute atomic E-state index is 0.0989. The lowest BCUT2D eigenvalue weighted by Gasteiger charge is -2.07. The Balaban J connectivity index is 2.78. The Kier molecular flexibility index (Phi) is 3.10. The Hall–Kier alpha value is -2.23. The lowest BCUT2D eigenvalue weighted by molar-refractivity contribution is 0.0594. The molecule has 0 atom stereocenters. The molecule has 2 rings (SSSR count). The third-order valence-corrected chi connectivity index (χ3v) is 2.74. The highest BCUT2D eigenvalue weighted by atomic mass is 16.5. The van der Waals surface area contributed by atoms with Crippen LogP contribution in [0.4, 0.5) is 0 Å². The maximum Gasteiger partial charge on any atom is 0.356 e. The van der Waals surface area contributed by atoms with E-state index in [1.165, 1.54) is 20.1 Å². The van der Waals surface area contributed by atoms with Gasteiger partial charge in [-0.3, -0.25) is 4.79 Å². The molecule has 0 amide bonds. The average Bonchev–Trinajstić information content (AvgIpc) is 2.36. The molecule has 1 aromatic heterocycles. The van der Waals surface area contributed by atoms with E-state index in [4.69, 9.17) is 0 Å². The summed E-state index contributed by atoms with van der Waals surface area (Å²) < 4.78 is 4.63. The molecule has 0 unspecified atom stereocenters. The number of carbonyl (C=O) groups excluding carboxylic acids is 2. The summed E-state index contributed by atoms with van der Waals surface area (Å²) in [6.07, 6.45) is 0. The Morgan fingerprint density at radius 2 is 1.94 bits per heavy atom. The first kappa shape index (κ1) is 12.2. The molecule has 0 radical (unpaired) electrons. The van der Waals surface area contributed by atoms with Crippen LogP contribution in [-0.2, 0) is 4.74 Å². The highest BCUT2D eigenvalue weighted by Gasteiger charge is 2.14. The predicted molar refractivity (Wildman–Crippen MR) is 67.8 cm³/mol. The van der Waals surface area contributed by atoms with Crippen molar-refractivity contribution in [3.05, 3.63) is 41.1 Å². The molecule has 0 fully saturated rings. The molecule has 4 heteroatoms. The molecular formula is C14H13NO3. The Morgan fingerprint density at radius 3 is 2.56 bits per heavy atom. The lowest BCUT2D eigenvalue weighted by atomic mass is 10.0. The number of fused-ring (bicyclic) bond motifs is 1. The monoisotopic (exact) mass is 243 g/mol. The van der Waals surface area contributed by atoms with E-state index in [1.807, 2.05) is 19.1 Å². The molecule has 0 aliphatic heterocycles. The number of hydrogen-bond donors (Lipinski definition) is 0. The number of rotatable bonds is 2. The number of ketones is 1. The van der Waals surface area contributed by atoms with Gasteiger partial charge in [-0.1, -0.05) is 11.6 Å². The molecule has 4 nitrogen and oxygen atoms in total. The molecule has 0 aliphatic rings. The third-order valence-electron chi connectivity index (χ3n) is 2.74. The first-order valence-corrected chi connectivity index (χ1v) is 5.53. The van der Waals surface area contributed by atoms with Crippen molar-refractivity contribution in [2.75, 3.05) is 7.11 Å². The number of nitrogens with zero attached hydrogens (tertiary/aromatic N) is 1. The van der Waals surface area contributed by atoms with Gasteiger partial charge >= 0.3 is 5.97 Å². The number of esters is 1. The summed E-state index contributed by atoms with van der Waals surface area (Å²) in [6, 6.07) is 7.06. The zero-order valence-electron chi connectivity index (χ0n) is 10.5. The lowest BCUT2D eigenvalue weighted by Crippen LogP contribution is -2.07. The van der Waals surface area contributed by atoms with Gasteiger partial charge < -0.3 is 4.74 Å². The minimum atomic E-state index is -0.542.